The molecule has 3 nitrogen and oxygen atoms in total. The van der Waals surface area contributed by atoms with Gasteiger partial charge in [-0.1, -0.05) is 6.92 Å². The van der Waals surface area contributed by atoms with Gasteiger partial charge in [0.25, 0.3) is 0 Å². The van der Waals surface area contributed by atoms with E-state index in [1.165, 1.54) is 0 Å². The Morgan fingerprint density at radius 1 is 1.67 bits per heavy atom. The highest BCUT2D eigenvalue weighted by atomic mass is 79.9. The first-order chi connectivity index (χ1) is 5.70. The monoisotopic (exact) mass is 227 g/mol. The molecule has 1 aromatic rings. The van der Waals surface area contributed by atoms with Crippen LogP contribution >= 0.6 is 15.9 Å². The van der Waals surface area contributed by atoms with Gasteiger partial charge in [-0.2, -0.15) is 5.26 Å². The molecule has 0 unspecified atom stereocenters. The number of nitrogens with zero attached hydrogens (tertiary/aromatic N) is 3. The molecule has 0 aliphatic rings. The Balaban J connectivity index is 3.09. The van der Waals surface area contributed by atoms with Gasteiger partial charge in [0.2, 0.25) is 0 Å². The van der Waals surface area contributed by atoms with Crippen molar-refractivity contribution >= 4 is 15.9 Å². The zero-order valence-corrected chi connectivity index (χ0v) is 8.72. The summed E-state index contributed by atoms with van der Waals surface area (Å²) in [5, 5.41) is 8.67. The molecule has 64 valence electrons. The maximum Gasteiger partial charge on any atom is 0.173 e. The van der Waals surface area contributed by atoms with Crippen LogP contribution in [-0.4, -0.2) is 9.55 Å². The van der Waals surface area contributed by atoms with Gasteiger partial charge < -0.3 is 4.57 Å². The van der Waals surface area contributed by atoms with Crippen LogP contribution in [0.4, 0.5) is 0 Å². The van der Waals surface area contributed by atoms with E-state index in [-0.39, 0.29) is 0 Å². The van der Waals surface area contributed by atoms with Crippen LogP contribution in [0.25, 0.3) is 0 Å². The van der Waals surface area contributed by atoms with Crippen LogP contribution < -0.4 is 0 Å². The SMILES string of the molecule is CCCc1nc(C#N)c(Br)n1C. The molecule has 1 aromatic heterocycles. The van der Waals surface area contributed by atoms with Gasteiger partial charge in [0.1, 0.15) is 16.5 Å². The molecular weight excluding hydrogens is 218 g/mol. The second-order valence-electron chi connectivity index (χ2n) is 2.59. The zero-order valence-electron chi connectivity index (χ0n) is 7.13. The molecule has 0 atom stereocenters. The van der Waals surface area contributed by atoms with Crippen LogP contribution in [0.3, 0.4) is 0 Å². The summed E-state index contributed by atoms with van der Waals surface area (Å²) in [4.78, 5) is 4.17. The second kappa shape index (κ2) is 3.72. The number of nitriles is 1. The minimum atomic E-state index is 0.473. The molecule has 0 aromatic carbocycles. The molecule has 4 heteroatoms. The van der Waals surface area contributed by atoms with Crippen LogP contribution in [-0.2, 0) is 13.5 Å². The third-order valence-corrected chi connectivity index (χ3v) is 2.60. The van der Waals surface area contributed by atoms with E-state index in [0.717, 1.165) is 23.3 Å². The molecular formula is C8H10BrN3. The largest absolute Gasteiger partial charge is 0.325 e. The highest BCUT2D eigenvalue weighted by Gasteiger charge is 2.10. The molecule has 0 aliphatic heterocycles. The quantitative estimate of drug-likeness (QED) is 0.776. The van der Waals surface area contributed by atoms with E-state index in [0.29, 0.717) is 5.69 Å². The molecule has 0 aliphatic carbocycles. The van der Waals surface area contributed by atoms with Crippen molar-refractivity contribution in [1.82, 2.24) is 9.55 Å². The lowest BCUT2D eigenvalue weighted by Crippen LogP contribution is -1.96. The minimum absolute atomic E-state index is 0.473. The number of hydrogen-bond acceptors (Lipinski definition) is 2. The lowest BCUT2D eigenvalue weighted by molar-refractivity contribution is 0.750. The second-order valence-corrected chi connectivity index (χ2v) is 3.34. The fourth-order valence-electron chi connectivity index (χ4n) is 1.04. The average Bonchev–Trinajstić information content (AvgIpc) is 2.33. The lowest BCUT2D eigenvalue weighted by Gasteiger charge is -1.98. The average molecular weight is 228 g/mol. The third kappa shape index (κ3) is 1.51. The number of imidazole rings is 1. The van der Waals surface area contributed by atoms with Crippen molar-refractivity contribution in [2.75, 3.05) is 0 Å². The Kier molecular flexibility index (Phi) is 2.88. The van der Waals surface area contributed by atoms with Gasteiger partial charge in [-0.3, -0.25) is 0 Å². The molecule has 0 saturated heterocycles. The van der Waals surface area contributed by atoms with Crippen molar-refractivity contribution in [3.05, 3.63) is 16.1 Å². The number of aryl methyl sites for hydroxylation is 1. The maximum atomic E-state index is 8.67. The first-order valence-corrected chi connectivity index (χ1v) is 4.61. The van der Waals surface area contributed by atoms with Crippen LogP contribution in [0.1, 0.15) is 24.9 Å². The van der Waals surface area contributed by atoms with E-state index in [9.17, 15) is 0 Å². The fraction of sp³-hybridized carbons (Fsp3) is 0.500. The molecule has 1 rings (SSSR count). The summed E-state index contributed by atoms with van der Waals surface area (Å²) in [5.41, 5.74) is 0.473. The van der Waals surface area contributed by atoms with E-state index >= 15 is 0 Å². The first-order valence-electron chi connectivity index (χ1n) is 3.81. The van der Waals surface area contributed by atoms with Crippen molar-refractivity contribution in [2.24, 2.45) is 7.05 Å². The minimum Gasteiger partial charge on any atom is -0.325 e. The molecule has 0 fully saturated rings. The van der Waals surface area contributed by atoms with Gasteiger partial charge in [-0.15, -0.1) is 0 Å². The van der Waals surface area contributed by atoms with Gasteiger partial charge in [0, 0.05) is 13.5 Å². The zero-order chi connectivity index (χ0) is 9.14. The van der Waals surface area contributed by atoms with Crippen molar-refractivity contribution < 1.29 is 0 Å². The number of hydrogen-bond donors (Lipinski definition) is 0. The summed E-state index contributed by atoms with van der Waals surface area (Å²) >= 11 is 3.31. The van der Waals surface area contributed by atoms with Gasteiger partial charge in [-0.05, 0) is 22.4 Å². The summed E-state index contributed by atoms with van der Waals surface area (Å²) in [6.45, 7) is 2.09. The standard InChI is InChI=1S/C8H10BrN3/c1-3-4-7-11-6(5-10)8(9)12(7)2/h3-4H2,1-2H3. The number of rotatable bonds is 2. The van der Waals surface area contributed by atoms with E-state index < -0.39 is 0 Å². The molecule has 0 spiro atoms. The molecule has 0 saturated carbocycles. The van der Waals surface area contributed by atoms with Gasteiger partial charge in [-0.25, -0.2) is 4.98 Å². The molecule has 0 amide bonds. The maximum absolute atomic E-state index is 8.67. The Morgan fingerprint density at radius 3 is 2.75 bits per heavy atom. The van der Waals surface area contributed by atoms with Crippen LogP contribution in [0.15, 0.2) is 4.60 Å². The highest BCUT2D eigenvalue weighted by Crippen LogP contribution is 2.17. The van der Waals surface area contributed by atoms with Gasteiger partial charge >= 0.3 is 0 Å². The topological polar surface area (TPSA) is 41.6 Å². The predicted molar refractivity (Wildman–Crippen MR) is 49.6 cm³/mol. The van der Waals surface area contributed by atoms with Crippen molar-refractivity contribution in [3.8, 4) is 6.07 Å². The van der Waals surface area contributed by atoms with Gasteiger partial charge in [0.15, 0.2) is 5.69 Å². The summed E-state index contributed by atoms with van der Waals surface area (Å²) in [6.07, 6.45) is 1.96. The lowest BCUT2D eigenvalue weighted by atomic mass is 10.3. The smallest absolute Gasteiger partial charge is 0.173 e. The molecule has 0 radical (unpaired) electrons. The van der Waals surface area contributed by atoms with Gasteiger partial charge in [0.05, 0.1) is 0 Å². The van der Waals surface area contributed by atoms with Crippen LogP contribution in [0, 0.1) is 11.3 Å². The summed E-state index contributed by atoms with van der Waals surface area (Å²) in [7, 11) is 1.91. The molecule has 12 heavy (non-hydrogen) atoms. The summed E-state index contributed by atoms with van der Waals surface area (Å²) < 4.78 is 2.68. The fourth-order valence-corrected chi connectivity index (χ4v) is 1.42. The van der Waals surface area contributed by atoms with E-state index in [4.69, 9.17) is 5.26 Å². The Morgan fingerprint density at radius 2 is 2.33 bits per heavy atom. The van der Waals surface area contributed by atoms with Crippen molar-refractivity contribution in [3.63, 3.8) is 0 Å². The molecule has 1 heterocycles. The first kappa shape index (κ1) is 9.27. The predicted octanol–water partition coefficient (Wildman–Crippen LogP) is 2.01. The van der Waals surface area contributed by atoms with E-state index in [2.05, 4.69) is 27.8 Å². The number of aromatic nitrogens is 2. The summed E-state index contributed by atoms with van der Waals surface area (Å²) in [6, 6.07) is 2.04. The normalized spacial score (nSPS) is 9.83. The summed E-state index contributed by atoms with van der Waals surface area (Å²) in [5.74, 6) is 0.959. The third-order valence-electron chi connectivity index (χ3n) is 1.70. The number of halogens is 1. The van der Waals surface area contributed by atoms with Crippen LogP contribution in [0.2, 0.25) is 0 Å². The van der Waals surface area contributed by atoms with Crippen molar-refractivity contribution in [1.29, 1.82) is 5.26 Å². The van der Waals surface area contributed by atoms with E-state index in [1.54, 1.807) is 0 Å². The molecule has 0 N–H and O–H groups in total. The van der Waals surface area contributed by atoms with E-state index in [1.807, 2.05) is 17.7 Å². The van der Waals surface area contributed by atoms with Crippen molar-refractivity contribution in [2.45, 2.75) is 19.8 Å². The Bertz CT molecular complexity index is 322. The highest BCUT2D eigenvalue weighted by molar-refractivity contribution is 9.10. The Labute approximate surface area is 80.2 Å². The Hall–Kier alpha value is -0.820. The van der Waals surface area contributed by atoms with Crippen LogP contribution in [0.5, 0.6) is 0 Å². The molecule has 0 bridgehead atoms.